The number of carbonyl (C=O) groups excluding carboxylic acids is 1. The zero-order valence-corrected chi connectivity index (χ0v) is 8.72. The summed E-state index contributed by atoms with van der Waals surface area (Å²) >= 11 is 0. The van der Waals surface area contributed by atoms with Crippen molar-refractivity contribution in [3.05, 3.63) is 0 Å². The molecule has 3 nitrogen and oxygen atoms in total. The van der Waals surface area contributed by atoms with Crippen LogP contribution < -0.4 is 5.73 Å². The third-order valence-corrected chi connectivity index (χ3v) is 2.46. The van der Waals surface area contributed by atoms with Crippen LogP contribution >= 0.6 is 0 Å². The van der Waals surface area contributed by atoms with E-state index in [2.05, 4.69) is 13.8 Å². The smallest absolute Gasteiger partial charge is 0.307 e. The minimum Gasteiger partial charge on any atom is -0.466 e. The molecule has 0 amide bonds. The van der Waals surface area contributed by atoms with Crippen molar-refractivity contribution in [2.24, 2.45) is 11.1 Å². The number of ether oxygens (including phenoxy) is 1. The third-order valence-electron chi connectivity index (χ3n) is 2.46. The minimum absolute atomic E-state index is 0.166. The summed E-state index contributed by atoms with van der Waals surface area (Å²) in [5.41, 5.74) is 6.02. The lowest BCUT2D eigenvalue weighted by Gasteiger charge is -2.50. The second kappa shape index (κ2) is 3.29. The molecule has 1 fully saturated rings. The van der Waals surface area contributed by atoms with Crippen LogP contribution in [0.5, 0.6) is 0 Å². The molecule has 3 heteroatoms. The zero-order chi connectivity index (χ0) is 10.1. The highest BCUT2D eigenvalue weighted by molar-refractivity contribution is 5.71. The van der Waals surface area contributed by atoms with Gasteiger partial charge in [-0.2, -0.15) is 0 Å². The molecule has 0 unspecified atom stereocenters. The summed E-state index contributed by atoms with van der Waals surface area (Å²) in [5, 5.41) is 0. The molecular formula is C10H19NO2. The Hall–Kier alpha value is -0.570. The van der Waals surface area contributed by atoms with Gasteiger partial charge in [-0.15, -0.1) is 0 Å². The van der Waals surface area contributed by atoms with E-state index in [1.807, 2.05) is 6.92 Å². The number of esters is 1. The van der Waals surface area contributed by atoms with E-state index in [9.17, 15) is 4.79 Å². The van der Waals surface area contributed by atoms with Crippen LogP contribution in [0.25, 0.3) is 0 Å². The summed E-state index contributed by atoms with van der Waals surface area (Å²) in [7, 11) is 0. The van der Waals surface area contributed by atoms with Crippen molar-refractivity contribution in [1.29, 1.82) is 0 Å². The molecule has 0 spiro atoms. The molecule has 0 atom stereocenters. The van der Waals surface area contributed by atoms with Crippen LogP contribution in [-0.4, -0.2) is 18.1 Å². The number of rotatable bonds is 3. The Bertz CT molecular complexity index is 203. The summed E-state index contributed by atoms with van der Waals surface area (Å²) in [6, 6.07) is 0. The van der Waals surface area contributed by atoms with Crippen molar-refractivity contribution in [3.8, 4) is 0 Å². The van der Waals surface area contributed by atoms with Gasteiger partial charge in [-0.25, -0.2) is 0 Å². The second-order valence-electron chi connectivity index (χ2n) is 4.86. The SMILES string of the molecule is CCOC(=O)CC1(N)CC(C)(C)C1. The molecule has 0 aliphatic heterocycles. The van der Waals surface area contributed by atoms with Crippen molar-refractivity contribution < 1.29 is 9.53 Å². The van der Waals surface area contributed by atoms with Crippen molar-refractivity contribution in [2.45, 2.75) is 45.6 Å². The Labute approximate surface area is 79.6 Å². The van der Waals surface area contributed by atoms with Crippen LogP contribution in [0.1, 0.15) is 40.0 Å². The average Bonchev–Trinajstić information content (AvgIpc) is 1.80. The predicted octanol–water partition coefficient (Wildman–Crippen LogP) is 1.46. The van der Waals surface area contributed by atoms with Crippen LogP contribution in [-0.2, 0) is 9.53 Å². The molecule has 0 heterocycles. The first kappa shape index (κ1) is 10.5. The van der Waals surface area contributed by atoms with Crippen LogP contribution in [0.2, 0.25) is 0 Å². The van der Waals surface area contributed by atoms with E-state index in [0.717, 1.165) is 12.8 Å². The maximum Gasteiger partial charge on any atom is 0.307 e. The van der Waals surface area contributed by atoms with Gasteiger partial charge in [-0.05, 0) is 25.2 Å². The molecule has 0 aromatic rings. The molecule has 13 heavy (non-hydrogen) atoms. The van der Waals surface area contributed by atoms with E-state index in [1.165, 1.54) is 0 Å². The number of hydrogen-bond donors (Lipinski definition) is 1. The molecule has 2 N–H and O–H groups in total. The van der Waals surface area contributed by atoms with Crippen LogP contribution in [0.15, 0.2) is 0 Å². The lowest BCUT2D eigenvalue weighted by molar-refractivity contribution is -0.146. The summed E-state index contributed by atoms with van der Waals surface area (Å²) < 4.78 is 4.86. The molecule has 0 saturated heterocycles. The quantitative estimate of drug-likeness (QED) is 0.677. The molecule has 0 aromatic carbocycles. The van der Waals surface area contributed by atoms with Crippen LogP contribution in [0.4, 0.5) is 0 Å². The van der Waals surface area contributed by atoms with Crippen molar-refractivity contribution in [2.75, 3.05) is 6.61 Å². The van der Waals surface area contributed by atoms with Gasteiger partial charge < -0.3 is 10.5 Å². The van der Waals surface area contributed by atoms with Gasteiger partial charge in [0.15, 0.2) is 0 Å². The van der Waals surface area contributed by atoms with Gasteiger partial charge in [-0.3, -0.25) is 4.79 Å². The Balaban J connectivity index is 2.34. The minimum atomic E-state index is -0.296. The Morgan fingerprint density at radius 2 is 2.00 bits per heavy atom. The average molecular weight is 185 g/mol. The maximum absolute atomic E-state index is 11.2. The number of hydrogen-bond acceptors (Lipinski definition) is 3. The molecule has 0 bridgehead atoms. The van der Waals surface area contributed by atoms with E-state index >= 15 is 0 Å². The molecule has 1 aliphatic carbocycles. The first-order valence-corrected chi connectivity index (χ1v) is 4.81. The molecule has 1 saturated carbocycles. The largest absolute Gasteiger partial charge is 0.466 e. The maximum atomic E-state index is 11.2. The van der Waals surface area contributed by atoms with Crippen molar-refractivity contribution in [3.63, 3.8) is 0 Å². The molecule has 1 aliphatic rings. The highest BCUT2D eigenvalue weighted by atomic mass is 16.5. The highest BCUT2D eigenvalue weighted by Crippen LogP contribution is 2.47. The van der Waals surface area contributed by atoms with Gasteiger partial charge in [0.2, 0.25) is 0 Å². The molecule has 76 valence electrons. The summed E-state index contributed by atoms with van der Waals surface area (Å²) in [4.78, 5) is 11.2. The monoisotopic (exact) mass is 185 g/mol. The van der Waals surface area contributed by atoms with Crippen LogP contribution in [0, 0.1) is 5.41 Å². The first-order valence-electron chi connectivity index (χ1n) is 4.81. The fourth-order valence-corrected chi connectivity index (χ4v) is 2.48. The van der Waals surface area contributed by atoms with E-state index in [4.69, 9.17) is 10.5 Å². The van der Waals surface area contributed by atoms with Crippen molar-refractivity contribution in [1.82, 2.24) is 0 Å². The van der Waals surface area contributed by atoms with Gasteiger partial charge in [0.05, 0.1) is 13.0 Å². The normalized spacial score (nSPS) is 23.4. The van der Waals surface area contributed by atoms with Gasteiger partial charge in [0.25, 0.3) is 0 Å². The summed E-state index contributed by atoms with van der Waals surface area (Å²) in [6.07, 6.45) is 2.20. The number of nitrogens with two attached hydrogens (primary N) is 1. The lowest BCUT2D eigenvalue weighted by atomic mass is 9.59. The Kier molecular flexibility index (Phi) is 2.66. The lowest BCUT2D eigenvalue weighted by Crippen LogP contribution is -2.57. The standard InChI is InChI=1S/C10H19NO2/c1-4-13-8(12)5-10(11)6-9(2,3)7-10/h4-7,11H2,1-3H3. The van der Waals surface area contributed by atoms with E-state index in [1.54, 1.807) is 0 Å². The summed E-state index contributed by atoms with van der Waals surface area (Å²) in [5.74, 6) is -0.166. The van der Waals surface area contributed by atoms with Crippen molar-refractivity contribution >= 4 is 5.97 Å². The molecule has 0 radical (unpaired) electrons. The fourth-order valence-electron chi connectivity index (χ4n) is 2.48. The first-order chi connectivity index (χ1) is 5.87. The van der Waals surface area contributed by atoms with Gasteiger partial charge in [0, 0.05) is 5.54 Å². The molecule has 0 aromatic heterocycles. The zero-order valence-electron chi connectivity index (χ0n) is 8.72. The van der Waals surface area contributed by atoms with Gasteiger partial charge in [0.1, 0.15) is 0 Å². The number of carbonyl (C=O) groups is 1. The Morgan fingerprint density at radius 3 is 2.38 bits per heavy atom. The predicted molar refractivity (Wildman–Crippen MR) is 51.2 cm³/mol. The van der Waals surface area contributed by atoms with Gasteiger partial charge in [-0.1, -0.05) is 13.8 Å². The fraction of sp³-hybridized carbons (Fsp3) is 0.900. The van der Waals surface area contributed by atoms with E-state index < -0.39 is 0 Å². The molecule has 1 rings (SSSR count). The van der Waals surface area contributed by atoms with E-state index in [0.29, 0.717) is 18.4 Å². The van der Waals surface area contributed by atoms with Gasteiger partial charge >= 0.3 is 5.97 Å². The summed E-state index contributed by atoms with van der Waals surface area (Å²) in [6.45, 7) is 6.59. The topological polar surface area (TPSA) is 52.3 Å². The second-order valence-corrected chi connectivity index (χ2v) is 4.86. The van der Waals surface area contributed by atoms with Crippen LogP contribution in [0.3, 0.4) is 0 Å². The molecular weight excluding hydrogens is 166 g/mol. The third kappa shape index (κ3) is 2.69. The highest BCUT2D eigenvalue weighted by Gasteiger charge is 2.47. The van der Waals surface area contributed by atoms with E-state index in [-0.39, 0.29) is 11.5 Å². The Morgan fingerprint density at radius 1 is 1.46 bits per heavy atom.